The van der Waals surface area contributed by atoms with E-state index in [1.807, 2.05) is 6.92 Å². The fourth-order valence-electron chi connectivity index (χ4n) is 1.89. The van der Waals surface area contributed by atoms with E-state index in [9.17, 15) is 9.59 Å². The zero-order chi connectivity index (χ0) is 13.2. The van der Waals surface area contributed by atoms with Crippen LogP contribution in [0.3, 0.4) is 0 Å². The first-order chi connectivity index (χ1) is 7.90. The topological polar surface area (TPSA) is 98.2 Å². The Hall–Kier alpha value is -2.04. The molecule has 0 aromatic heterocycles. The number of carbonyl (C=O) groups excluding carboxylic acids is 2. The highest BCUT2D eigenvalue weighted by atomic mass is 16.1. The highest BCUT2D eigenvalue weighted by Gasteiger charge is 2.18. The lowest BCUT2D eigenvalue weighted by molar-refractivity contribution is 0.0987. The third-order valence-corrected chi connectivity index (χ3v) is 2.65. The van der Waals surface area contributed by atoms with Gasteiger partial charge in [0.1, 0.15) is 0 Å². The van der Waals surface area contributed by atoms with Crippen LogP contribution >= 0.6 is 0 Å². The quantitative estimate of drug-likeness (QED) is 0.724. The molecule has 0 bridgehead atoms. The molecule has 0 aliphatic heterocycles. The monoisotopic (exact) mass is 235 g/mol. The van der Waals surface area contributed by atoms with Gasteiger partial charge in [0.2, 0.25) is 5.91 Å². The van der Waals surface area contributed by atoms with E-state index in [2.05, 4.69) is 5.32 Å². The average molecular weight is 235 g/mol. The van der Waals surface area contributed by atoms with Gasteiger partial charge in [-0.05, 0) is 38.0 Å². The van der Waals surface area contributed by atoms with Gasteiger partial charge in [-0.2, -0.15) is 0 Å². The van der Waals surface area contributed by atoms with Crippen LogP contribution in [0.2, 0.25) is 0 Å². The smallest absolute Gasteiger partial charge is 0.251 e. The molecule has 5 N–H and O–H groups in total. The molecular formula is C12H17N3O2. The summed E-state index contributed by atoms with van der Waals surface area (Å²) in [6.07, 6.45) is 0. The van der Waals surface area contributed by atoms with Crippen molar-refractivity contribution in [3.05, 3.63) is 28.3 Å². The maximum atomic E-state index is 11.4. The molecule has 0 heterocycles. The predicted molar refractivity (Wildman–Crippen MR) is 67.1 cm³/mol. The largest absolute Gasteiger partial charge is 0.384 e. The van der Waals surface area contributed by atoms with Crippen molar-refractivity contribution in [2.75, 3.05) is 11.9 Å². The normalized spacial score (nSPS) is 10.1. The highest BCUT2D eigenvalue weighted by Crippen LogP contribution is 2.27. The van der Waals surface area contributed by atoms with Crippen LogP contribution in [0.1, 0.15) is 38.8 Å². The summed E-state index contributed by atoms with van der Waals surface area (Å²) in [7, 11) is 0. The number of nitrogens with two attached hydrogens (primary N) is 2. The Kier molecular flexibility index (Phi) is 3.73. The number of aryl methyl sites for hydroxylation is 1. The summed E-state index contributed by atoms with van der Waals surface area (Å²) in [5.74, 6) is -1.03. The van der Waals surface area contributed by atoms with Crippen LogP contribution in [-0.2, 0) is 0 Å². The van der Waals surface area contributed by atoms with Crippen LogP contribution in [0.25, 0.3) is 0 Å². The molecule has 1 rings (SSSR count). The van der Waals surface area contributed by atoms with Gasteiger partial charge in [0.25, 0.3) is 5.91 Å². The molecule has 5 nitrogen and oxygen atoms in total. The van der Waals surface area contributed by atoms with E-state index in [0.29, 0.717) is 34.5 Å². The Labute approximate surface area is 100 Å². The molecule has 0 fully saturated rings. The maximum absolute atomic E-state index is 11.4. The van der Waals surface area contributed by atoms with E-state index < -0.39 is 11.8 Å². The summed E-state index contributed by atoms with van der Waals surface area (Å²) in [5, 5.41) is 3.05. The third-order valence-electron chi connectivity index (χ3n) is 2.65. The number of amides is 2. The number of anilines is 1. The maximum Gasteiger partial charge on any atom is 0.251 e. The van der Waals surface area contributed by atoms with Crippen molar-refractivity contribution in [1.29, 1.82) is 0 Å². The van der Waals surface area contributed by atoms with Crippen LogP contribution in [-0.4, -0.2) is 18.4 Å². The Morgan fingerprint density at radius 2 is 1.82 bits per heavy atom. The molecule has 0 saturated carbocycles. The summed E-state index contributed by atoms with van der Waals surface area (Å²) < 4.78 is 0. The molecule has 0 radical (unpaired) electrons. The van der Waals surface area contributed by atoms with Gasteiger partial charge in [0, 0.05) is 12.1 Å². The molecule has 0 aliphatic rings. The van der Waals surface area contributed by atoms with E-state index in [1.54, 1.807) is 19.9 Å². The van der Waals surface area contributed by atoms with Crippen molar-refractivity contribution >= 4 is 17.5 Å². The number of rotatable bonds is 4. The molecule has 92 valence electrons. The first-order valence-electron chi connectivity index (χ1n) is 5.37. The average Bonchev–Trinajstić information content (AvgIpc) is 2.22. The lowest BCUT2D eigenvalue weighted by Gasteiger charge is -2.16. The number of primary amides is 2. The summed E-state index contributed by atoms with van der Waals surface area (Å²) >= 11 is 0. The van der Waals surface area contributed by atoms with E-state index >= 15 is 0 Å². The minimum atomic E-state index is -0.516. The summed E-state index contributed by atoms with van der Waals surface area (Å²) in [4.78, 5) is 22.7. The number of benzene rings is 1. The minimum absolute atomic E-state index is 0.406. The molecule has 0 saturated heterocycles. The Balaban J connectivity index is 3.58. The fraction of sp³-hybridized carbons (Fsp3) is 0.333. The molecular weight excluding hydrogens is 218 g/mol. The third kappa shape index (κ3) is 2.38. The predicted octanol–water partition coefficient (Wildman–Crippen LogP) is 0.933. The van der Waals surface area contributed by atoms with Crippen LogP contribution in [0.5, 0.6) is 0 Å². The van der Waals surface area contributed by atoms with Gasteiger partial charge in [0.05, 0.1) is 11.3 Å². The summed E-state index contributed by atoms with van der Waals surface area (Å²) in [6.45, 7) is 6.00. The zero-order valence-electron chi connectivity index (χ0n) is 10.3. The first-order valence-corrected chi connectivity index (χ1v) is 5.37. The van der Waals surface area contributed by atoms with Gasteiger partial charge in [-0.3, -0.25) is 9.59 Å². The standard InChI is InChI=1S/C12H17N3O2/c1-4-15-10-7(3)8(11(13)16)5-6(2)9(10)12(14)17/h5,15H,4H2,1-3H3,(H2,13,16)(H2,14,17). The Morgan fingerprint density at radius 1 is 1.24 bits per heavy atom. The lowest BCUT2D eigenvalue weighted by Crippen LogP contribution is -2.20. The molecule has 0 aliphatic carbocycles. The van der Waals surface area contributed by atoms with E-state index in [-0.39, 0.29) is 0 Å². The molecule has 17 heavy (non-hydrogen) atoms. The number of nitrogens with one attached hydrogen (secondary N) is 1. The van der Waals surface area contributed by atoms with E-state index in [0.717, 1.165) is 0 Å². The lowest BCUT2D eigenvalue weighted by atomic mass is 9.96. The minimum Gasteiger partial charge on any atom is -0.384 e. The summed E-state index contributed by atoms with van der Waals surface area (Å²) in [6, 6.07) is 1.60. The second-order valence-electron chi connectivity index (χ2n) is 3.87. The second kappa shape index (κ2) is 4.86. The van der Waals surface area contributed by atoms with Crippen molar-refractivity contribution in [3.63, 3.8) is 0 Å². The zero-order valence-corrected chi connectivity index (χ0v) is 10.3. The van der Waals surface area contributed by atoms with Crippen molar-refractivity contribution in [1.82, 2.24) is 0 Å². The van der Waals surface area contributed by atoms with E-state index in [4.69, 9.17) is 11.5 Å². The molecule has 0 spiro atoms. The molecule has 0 unspecified atom stereocenters. The molecule has 0 atom stereocenters. The Morgan fingerprint density at radius 3 is 2.24 bits per heavy atom. The van der Waals surface area contributed by atoms with Gasteiger partial charge < -0.3 is 16.8 Å². The van der Waals surface area contributed by atoms with Crippen molar-refractivity contribution < 1.29 is 9.59 Å². The van der Waals surface area contributed by atoms with Crippen molar-refractivity contribution in [2.24, 2.45) is 11.5 Å². The molecule has 2 amide bonds. The van der Waals surface area contributed by atoms with Gasteiger partial charge in [-0.25, -0.2) is 0 Å². The highest BCUT2D eigenvalue weighted by molar-refractivity contribution is 6.04. The van der Waals surface area contributed by atoms with Gasteiger partial charge in [0.15, 0.2) is 0 Å². The van der Waals surface area contributed by atoms with Crippen molar-refractivity contribution in [3.8, 4) is 0 Å². The number of carbonyl (C=O) groups is 2. The number of hydrogen-bond donors (Lipinski definition) is 3. The summed E-state index contributed by atoms with van der Waals surface area (Å²) in [5.41, 5.74) is 13.3. The van der Waals surface area contributed by atoms with Crippen LogP contribution in [0.15, 0.2) is 6.07 Å². The van der Waals surface area contributed by atoms with Gasteiger partial charge >= 0.3 is 0 Å². The SMILES string of the molecule is CCNc1c(C)c(C(N)=O)cc(C)c1C(N)=O. The van der Waals surface area contributed by atoms with Crippen LogP contribution in [0, 0.1) is 13.8 Å². The van der Waals surface area contributed by atoms with Gasteiger partial charge in [-0.15, -0.1) is 0 Å². The first kappa shape index (κ1) is 13.0. The second-order valence-corrected chi connectivity index (χ2v) is 3.87. The van der Waals surface area contributed by atoms with Gasteiger partial charge in [-0.1, -0.05) is 0 Å². The van der Waals surface area contributed by atoms with Crippen LogP contribution in [0.4, 0.5) is 5.69 Å². The van der Waals surface area contributed by atoms with Crippen LogP contribution < -0.4 is 16.8 Å². The molecule has 1 aromatic carbocycles. The van der Waals surface area contributed by atoms with E-state index in [1.165, 1.54) is 0 Å². The number of hydrogen-bond acceptors (Lipinski definition) is 3. The molecule has 5 heteroatoms. The molecule has 1 aromatic rings. The van der Waals surface area contributed by atoms with Crippen molar-refractivity contribution in [2.45, 2.75) is 20.8 Å². The fourth-order valence-corrected chi connectivity index (χ4v) is 1.89. The Bertz CT molecular complexity index is 481.